The number of methoxy groups -OCH3 is 1. The van der Waals surface area contributed by atoms with Crippen molar-refractivity contribution in [2.24, 2.45) is 0 Å². The maximum atomic E-state index is 12.2. The lowest BCUT2D eigenvalue weighted by Crippen LogP contribution is -2.38. The van der Waals surface area contributed by atoms with Gasteiger partial charge in [0, 0.05) is 10.9 Å². The van der Waals surface area contributed by atoms with Crippen molar-refractivity contribution in [3.63, 3.8) is 0 Å². The van der Waals surface area contributed by atoms with Gasteiger partial charge in [-0.05, 0) is 26.0 Å². The zero-order valence-corrected chi connectivity index (χ0v) is 11.0. The van der Waals surface area contributed by atoms with Crippen LogP contribution in [0, 0.1) is 0 Å². The molecule has 1 N–H and O–H groups in total. The smallest absolute Gasteiger partial charge is 0.315 e. The van der Waals surface area contributed by atoms with Gasteiger partial charge in [0.05, 0.1) is 18.0 Å². The van der Waals surface area contributed by atoms with E-state index >= 15 is 0 Å². The lowest BCUT2D eigenvalue weighted by molar-refractivity contribution is -0.146. The van der Waals surface area contributed by atoms with Crippen molar-refractivity contribution in [2.75, 3.05) is 7.11 Å². The van der Waals surface area contributed by atoms with E-state index in [2.05, 4.69) is 0 Å². The first-order chi connectivity index (χ1) is 8.89. The summed E-state index contributed by atoms with van der Waals surface area (Å²) < 4.78 is 5.27. The van der Waals surface area contributed by atoms with Crippen LogP contribution in [-0.4, -0.2) is 23.0 Å². The SMILES string of the molecule is COC(=O)C(C)(C)c1cc2ccccc2n(O)c1=O. The van der Waals surface area contributed by atoms with Gasteiger partial charge in [0.15, 0.2) is 0 Å². The van der Waals surface area contributed by atoms with E-state index < -0.39 is 16.9 Å². The summed E-state index contributed by atoms with van der Waals surface area (Å²) in [5, 5.41) is 10.6. The van der Waals surface area contributed by atoms with Gasteiger partial charge >= 0.3 is 5.97 Å². The standard InChI is InChI=1S/C14H15NO4/c1-14(2,13(17)19-3)10-8-9-6-4-5-7-11(9)15(18)12(10)16/h4-8,18H,1-3H3. The van der Waals surface area contributed by atoms with E-state index in [1.54, 1.807) is 44.2 Å². The third kappa shape index (κ3) is 1.97. The molecule has 5 nitrogen and oxygen atoms in total. The highest BCUT2D eigenvalue weighted by Gasteiger charge is 2.34. The van der Waals surface area contributed by atoms with Crippen molar-refractivity contribution < 1.29 is 14.7 Å². The Morgan fingerprint density at radius 1 is 1.32 bits per heavy atom. The van der Waals surface area contributed by atoms with Crippen LogP contribution in [-0.2, 0) is 14.9 Å². The first-order valence-corrected chi connectivity index (χ1v) is 5.82. The predicted molar refractivity (Wildman–Crippen MR) is 70.4 cm³/mol. The number of hydrogen-bond acceptors (Lipinski definition) is 4. The van der Waals surface area contributed by atoms with Crippen LogP contribution in [0.15, 0.2) is 35.1 Å². The molecule has 0 saturated heterocycles. The van der Waals surface area contributed by atoms with Crippen molar-refractivity contribution in [2.45, 2.75) is 19.3 Å². The van der Waals surface area contributed by atoms with Crippen LogP contribution in [0.2, 0.25) is 0 Å². The highest BCUT2D eigenvalue weighted by molar-refractivity contribution is 5.85. The number of fused-ring (bicyclic) bond motifs is 1. The molecule has 0 fully saturated rings. The number of benzene rings is 1. The summed E-state index contributed by atoms with van der Waals surface area (Å²) in [5.74, 6) is -0.528. The fraction of sp³-hybridized carbons (Fsp3) is 0.286. The number of ether oxygens (including phenoxy) is 1. The Bertz CT molecular complexity index is 700. The molecule has 0 amide bonds. The second kappa shape index (κ2) is 4.42. The van der Waals surface area contributed by atoms with Crippen LogP contribution < -0.4 is 5.56 Å². The number of pyridine rings is 1. The van der Waals surface area contributed by atoms with Gasteiger partial charge in [-0.15, -0.1) is 4.73 Å². The molecule has 0 aliphatic rings. The number of rotatable bonds is 2. The lowest BCUT2D eigenvalue weighted by atomic mass is 9.85. The first kappa shape index (κ1) is 13.1. The summed E-state index contributed by atoms with van der Waals surface area (Å²) >= 11 is 0. The number of esters is 1. The third-order valence-corrected chi connectivity index (χ3v) is 3.26. The van der Waals surface area contributed by atoms with E-state index in [-0.39, 0.29) is 5.56 Å². The van der Waals surface area contributed by atoms with Crippen LogP contribution >= 0.6 is 0 Å². The van der Waals surface area contributed by atoms with Gasteiger partial charge in [-0.1, -0.05) is 18.2 Å². The van der Waals surface area contributed by atoms with Crippen molar-refractivity contribution in [3.05, 3.63) is 46.2 Å². The number of carbonyl (C=O) groups excluding carboxylic acids is 1. The van der Waals surface area contributed by atoms with Crippen LogP contribution in [0.1, 0.15) is 19.4 Å². The van der Waals surface area contributed by atoms with Crippen LogP contribution in [0.5, 0.6) is 0 Å². The summed E-state index contributed by atoms with van der Waals surface area (Å²) in [4.78, 5) is 23.9. The van der Waals surface area contributed by atoms with Crippen molar-refractivity contribution in [1.29, 1.82) is 0 Å². The molecule has 1 aromatic carbocycles. The normalized spacial score (nSPS) is 11.5. The quantitative estimate of drug-likeness (QED) is 0.659. The van der Waals surface area contributed by atoms with E-state index in [1.165, 1.54) is 7.11 Å². The van der Waals surface area contributed by atoms with Crippen LogP contribution in [0.25, 0.3) is 10.9 Å². The van der Waals surface area contributed by atoms with E-state index in [1.807, 2.05) is 0 Å². The van der Waals surface area contributed by atoms with Gasteiger partial charge < -0.3 is 9.94 Å². The van der Waals surface area contributed by atoms with Crippen LogP contribution in [0.4, 0.5) is 0 Å². The minimum Gasteiger partial charge on any atom is -0.468 e. The highest BCUT2D eigenvalue weighted by Crippen LogP contribution is 2.24. The molecule has 0 bridgehead atoms. The maximum absolute atomic E-state index is 12.2. The molecule has 0 aliphatic heterocycles. The molecule has 1 aromatic heterocycles. The average molecular weight is 261 g/mol. The molecule has 0 aliphatic carbocycles. The Balaban J connectivity index is 2.79. The zero-order valence-electron chi connectivity index (χ0n) is 11.0. The van der Waals surface area contributed by atoms with E-state index in [0.29, 0.717) is 15.6 Å². The molecule has 2 aromatic rings. The number of hydrogen-bond donors (Lipinski definition) is 1. The predicted octanol–water partition coefficient (Wildman–Crippen LogP) is 1.69. The summed E-state index contributed by atoms with van der Waals surface area (Å²) in [7, 11) is 1.27. The largest absolute Gasteiger partial charge is 0.468 e. The Labute approximate surface area is 110 Å². The zero-order chi connectivity index (χ0) is 14.2. The minimum atomic E-state index is -1.12. The Kier molecular flexibility index (Phi) is 3.06. The molecular formula is C14H15NO4. The van der Waals surface area contributed by atoms with Crippen molar-refractivity contribution in [1.82, 2.24) is 4.73 Å². The maximum Gasteiger partial charge on any atom is 0.315 e. The Morgan fingerprint density at radius 3 is 2.58 bits per heavy atom. The van der Waals surface area contributed by atoms with E-state index in [0.717, 1.165) is 0 Å². The fourth-order valence-corrected chi connectivity index (χ4v) is 2.06. The second-order valence-electron chi connectivity index (χ2n) is 4.85. The Morgan fingerprint density at radius 2 is 1.95 bits per heavy atom. The number of nitrogens with zero attached hydrogens (tertiary/aromatic N) is 1. The van der Waals surface area contributed by atoms with Crippen LogP contribution in [0.3, 0.4) is 0 Å². The van der Waals surface area contributed by atoms with Gasteiger partial charge in [0.1, 0.15) is 0 Å². The molecule has 2 rings (SSSR count). The van der Waals surface area contributed by atoms with E-state index in [4.69, 9.17) is 4.74 Å². The van der Waals surface area contributed by atoms with Gasteiger partial charge in [-0.2, -0.15) is 0 Å². The molecule has 1 heterocycles. The first-order valence-electron chi connectivity index (χ1n) is 5.82. The topological polar surface area (TPSA) is 68.5 Å². The molecule has 0 saturated carbocycles. The Hall–Kier alpha value is -2.30. The summed E-state index contributed by atoms with van der Waals surface area (Å²) in [6.45, 7) is 3.18. The second-order valence-corrected chi connectivity index (χ2v) is 4.85. The monoisotopic (exact) mass is 261 g/mol. The molecular weight excluding hydrogens is 246 g/mol. The lowest BCUT2D eigenvalue weighted by Gasteiger charge is -2.22. The number of aromatic nitrogens is 1. The highest BCUT2D eigenvalue weighted by atomic mass is 16.5. The molecule has 0 atom stereocenters. The van der Waals surface area contributed by atoms with E-state index in [9.17, 15) is 14.8 Å². The van der Waals surface area contributed by atoms with Gasteiger partial charge in [0.2, 0.25) is 0 Å². The minimum absolute atomic E-state index is 0.195. The summed E-state index contributed by atoms with van der Waals surface area (Å²) in [6, 6.07) is 8.52. The molecule has 0 unspecified atom stereocenters. The molecule has 5 heteroatoms. The summed E-state index contributed by atoms with van der Waals surface area (Å²) in [6.07, 6.45) is 0. The van der Waals surface area contributed by atoms with Crippen molar-refractivity contribution >= 4 is 16.9 Å². The summed E-state index contributed by atoms with van der Waals surface area (Å²) in [5.41, 5.74) is -1.15. The molecule has 19 heavy (non-hydrogen) atoms. The van der Waals surface area contributed by atoms with Crippen molar-refractivity contribution in [3.8, 4) is 0 Å². The molecule has 100 valence electrons. The van der Waals surface area contributed by atoms with Gasteiger partial charge in [-0.25, -0.2) is 0 Å². The average Bonchev–Trinajstić information content (AvgIpc) is 2.41. The fourth-order valence-electron chi connectivity index (χ4n) is 2.06. The molecule has 0 radical (unpaired) electrons. The molecule has 0 spiro atoms. The third-order valence-electron chi connectivity index (χ3n) is 3.26. The van der Waals surface area contributed by atoms with Gasteiger partial charge in [0.25, 0.3) is 5.56 Å². The van der Waals surface area contributed by atoms with Gasteiger partial charge in [-0.3, -0.25) is 9.59 Å². The number of para-hydroxylation sites is 1. The number of carbonyl (C=O) groups is 1.